The summed E-state index contributed by atoms with van der Waals surface area (Å²) in [6, 6.07) is 48.1. The van der Waals surface area contributed by atoms with Gasteiger partial charge in [-0.25, -0.2) is 0 Å². The van der Waals surface area contributed by atoms with E-state index >= 15 is 0 Å². The van der Waals surface area contributed by atoms with Crippen molar-refractivity contribution < 1.29 is 0 Å². The highest BCUT2D eigenvalue weighted by Gasteiger charge is 2.19. The van der Waals surface area contributed by atoms with Crippen LogP contribution in [0, 0.1) is 0 Å². The van der Waals surface area contributed by atoms with Gasteiger partial charge < -0.3 is 4.90 Å². The summed E-state index contributed by atoms with van der Waals surface area (Å²) in [5.41, 5.74) is 5.83. The fourth-order valence-electron chi connectivity index (χ4n) is 5.84. The van der Waals surface area contributed by atoms with Crippen molar-refractivity contribution in [3.63, 3.8) is 0 Å². The summed E-state index contributed by atoms with van der Waals surface area (Å²) in [6.45, 7) is 0. The first kappa shape index (κ1) is 22.9. The Kier molecular flexibility index (Phi) is 5.35. The molecule has 2 heterocycles. The van der Waals surface area contributed by atoms with Gasteiger partial charge in [0.05, 0.1) is 5.69 Å². The highest BCUT2D eigenvalue weighted by Crippen LogP contribution is 2.45. The van der Waals surface area contributed by atoms with E-state index in [1.807, 2.05) is 23.7 Å². The number of hydrogen-bond acceptors (Lipinski definition) is 3. The largest absolute Gasteiger partial charge is 0.310 e. The average molecular weight is 529 g/mol. The van der Waals surface area contributed by atoms with Crippen molar-refractivity contribution in [2.75, 3.05) is 4.90 Å². The molecule has 0 aliphatic heterocycles. The summed E-state index contributed by atoms with van der Waals surface area (Å²) in [5, 5.41) is 7.47. The molecule has 0 atom stereocenters. The van der Waals surface area contributed by atoms with Crippen LogP contribution in [0.25, 0.3) is 52.8 Å². The van der Waals surface area contributed by atoms with E-state index in [-0.39, 0.29) is 0 Å². The molecule has 188 valence electrons. The van der Waals surface area contributed by atoms with Crippen LogP contribution in [0.15, 0.2) is 146 Å². The third kappa shape index (κ3) is 3.75. The van der Waals surface area contributed by atoms with E-state index in [4.69, 9.17) is 0 Å². The molecule has 0 spiro atoms. The van der Waals surface area contributed by atoms with Gasteiger partial charge in [-0.15, -0.1) is 11.3 Å². The Hall–Kier alpha value is -4.99. The average Bonchev–Trinajstić information content (AvgIpc) is 3.41. The zero-order chi connectivity index (χ0) is 26.5. The SMILES string of the molecule is c1ccc(-c2ccc(N(c3ccc4c(ccc5ccccc54)c3)c3cccc4sc5ccncc5c34)cc2)cc1. The Morgan fingerprint density at radius 2 is 1.25 bits per heavy atom. The molecule has 2 aromatic heterocycles. The number of rotatable bonds is 4. The van der Waals surface area contributed by atoms with Crippen LogP contribution >= 0.6 is 11.3 Å². The van der Waals surface area contributed by atoms with Crippen LogP contribution in [-0.2, 0) is 0 Å². The van der Waals surface area contributed by atoms with E-state index < -0.39 is 0 Å². The molecule has 0 saturated heterocycles. The lowest BCUT2D eigenvalue weighted by Gasteiger charge is -2.27. The molecular formula is C37H24N2S. The second kappa shape index (κ2) is 9.33. The quantitative estimate of drug-likeness (QED) is 0.211. The third-order valence-electron chi connectivity index (χ3n) is 7.73. The number of anilines is 3. The van der Waals surface area contributed by atoms with Gasteiger partial charge >= 0.3 is 0 Å². The number of benzene rings is 6. The van der Waals surface area contributed by atoms with Crippen LogP contribution in [-0.4, -0.2) is 4.98 Å². The van der Waals surface area contributed by atoms with Crippen molar-refractivity contribution in [3.05, 3.63) is 146 Å². The Morgan fingerprint density at radius 3 is 2.15 bits per heavy atom. The lowest BCUT2D eigenvalue weighted by Crippen LogP contribution is -2.10. The molecular weight excluding hydrogens is 504 g/mol. The second-order valence-corrected chi connectivity index (χ2v) is 11.1. The van der Waals surface area contributed by atoms with Crippen LogP contribution in [0.5, 0.6) is 0 Å². The van der Waals surface area contributed by atoms with Crippen molar-refractivity contribution in [3.8, 4) is 11.1 Å². The van der Waals surface area contributed by atoms with Gasteiger partial charge in [0.15, 0.2) is 0 Å². The lowest BCUT2D eigenvalue weighted by atomic mass is 10.0. The molecule has 0 aliphatic rings. The minimum Gasteiger partial charge on any atom is -0.310 e. The fraction of sp³-hybridized carbons (Fsp3) is 0. The van der Waals surface area contributed by atoms with E-state index in [2.05, 4.69) is 143 Å². The van der Waals surface area contributed by atoms with Crippen LogP contribution in [0.2, 0.25) is 0 Å². The molecule has 0 bridgehead atoms. The summed E-state index contributed by atoms with van der Waals surface area (Å²) in [7, 11) is 0. The molecule has 0 radical (unpaired) electrons. The van der Waals surface area contributed by atoms with Crippen LogP contribution in [0.1, 0.15) is 0 Å². The Balaban J connectivity index is 1.36. The standard InChI is InChI=1S/C37H24N2S/c1-2-7-25(8-3-1)26-15-17-29(18-16-26)39(34-11-6-12-36-37(34)33-24-38-22-21-35(33)40-36)30-19-20-32-28(23-30)14-13-27-9-4-5-10-31(27)32/h1-24H. The van der Waals surface area contributed by atoms with Crippen molar-refractivity contribution >= 4 is 70.1 Å². The highest BCUT2D eigenvalue weighted by molar-refractivity contribution is 7.25. The summed E-state index contributed by atoms with van der Waals surface area (Å²) in [4.78, 5) is 6.88. The molecule has 40 heavy (non-hydrogen) atoms. The summed E-state index contributed by atoms with van der Waals surface area (Å²) < 4.78 is 2.51. The maximum Gasteiger partial charge on any atom is 0.0555 e. The number of fused-ring (bicyclic) bond motifs is 6. The van der Waals surface area contributed by atoms with E-state index in [1.54, 1.807) is 0 Å². The molecule has 0 N–H and O–H groups in total. The fourth-order valence-corrected chi connectivity index (χ4v) is 6.93. The second-order valence-electron chi connectivity index (χ2n) is 10.1. The van der Waals surface area contributed by atoms with Gasteiger partial charge in [0, 0.05) is 43.9 Å². The monoisotopic (exact) mass is 528 g/mol. The van der Waals surface area contributed by atoms with Crippen molar-refractivity contribution in [2.24, 2.45) is 0 Å². The molecule has 8 rings (SSSR count). The van der Waals surface area contributed by atoms with Crippen molar-refractivity contribution in [2.45, 2.75) is 0 Å². The minimum atomic E-state index is 1.12. The van der Waals surface area contributed by atoms with Gasteiger partial charge in [-0.3, -0.25) is 4.98 Å². The molecule has 0 saturated carbocycles. The first-order valence-corrected chi connectivity index (χ1v) is 14.3. The molecule has 0 fully saturated rings. The normalized spacial score (nSPS) is 11.5. The lowest BCUT2D eigenvalue weighted by molar-refractivity contribution is 1.30. The summed E-state index contributed by atoms with van der Waals surface area (Å²) in [5.74, 6) is 0. The number of nitrogens with zero attached hydrogens (tertiary/aromatic N) is 2. The van der Waals surface area contributed by atoms with Gasteiger partial charge in [0.1, 0.15) is 0 Å². The highest BCUT2D eigenvalue weighted by atomic mass is 32.1. The zero-order valence-electron chi connectivity index (χ0n) is 21.7. The van der Waals surface area contributed by atoms with Gasteiger partial charge in [0.2, 0.25) is 0 Å². The maximum atomic E-state index is 4.48. The van der Waals surface area contributed by atoms with Gasteiger partial charge in [0.25, 0.3) is 0 Å². The molecule has 0 aliphatic carbocycles. The van der Waals surface area contributed by atoms with Crippen LogP contribution < -0.4 is 4.90 Å². The van der Waals surface area contributed by atoms with Gasteiger partial charge in [-0.05, 0) is 75.1 Å². The van der Waals surface area contributed by atoms with E-state index in [1.165, 1.54) is 52.8 Å². The molecule has 0 amide bonds. The van der Waals surface area contributed by atoms with Crippen molar-refractivity contribution in [1.29, 1.82) is 0 Å². The molecule has 6 aromatic carbocycles. The van der Waals surface area contributed by atoms with Crippen LogP contribution in [0.4, 0.5) is 17.1 Å². The Morgan fingerprint density at radius 1 is 0.500 bits per heavy atom. The van der Waals surface area contributed by atoms with E-state index in [0.717, 1.165) is 17.1 Å². The number of hydrogen-bond donors (Lipinski definition) is 0. The van der Waals surface area contributed by atoms with Gasteiger partial charge in [-0.1, -0.05) is 91.0 Å². The van der Waals surface area contributed by atoms with Gasteiger partial charge in [-0.2, -0.15) is 0 Å². The number of pyridine rings is 1. The zero-order valence-corrected chi connectivity index (χ0v) is 22.5. The van der Waals surface area contributed by atoms with Crippen molar-refractivity contribution in [1.82, 2.24) is 4.98 Å². The first-order valence-electron chi connectivity index (χ1n) is 13.5. The summed E-state index contributed by atoms with van der Waals surface area (Å²) in [6.07, 6.45) is 3.88. The van der Waals surface area contributed by atoms with E-state index in [0.29, 0.717) is 0 Å². The molecule has 2 nitrogen and oxygen atoms in total. The Bertz CT molecular complexity index is 2160. The number of aromatic nitrogens is 1. The smallest absolute Gasteiger partial charge is 0.0555 e. The maximum absolute atomic E-state index is 4.48. The predicted molar refractivity (Wildman–Crippen MR) is 172 cm³/mol. The first-order chi connectivity index (χ1) is 19.8. The topological polar surface area (TPSA) is 16.1 Å². The van der Waals surface area contributed by atoms with Crippen LogP contribution in [0.3, 0.4) is 0 Å². The molecule has 3 heteroatoms. The molecule has 8 aromatic rings. The minimum absolute atomic E-state index is 1.12. The molecule has 0 unspecified atom stereocenters. The Labute approximate surface area is 236 Å². The predicted octanol–water partition coefficient (Wildman–Crippen LogP) is 10.9. The third-order valence-corrected chi connectivity index (χ3v) is 8.87. The summed E-state index contributed by atoms with van der Waals surface area (Å²) >= 11 is 1.82. The number of thiophene rings is 1. The van der Waals surface area contributed by atoms with E-state index in [9.17, 15) is 0 Å².